The molecule has 0 saturated carbocycles. The summed E-state index contributed by atoms with van der Waals surface area (Å²) in [7, 11) is 0. The van der Waals surface area contributed by atoms with Crippen molar-refractivity contribution in [3.05, 3.63) is 63.1 Å². The highest BCUT2D eigenvalue weighted by atomic mass is 35.5. The molecule has 2 N–H and O–H groups in total. The van der Waals surface area contributed by atoms with Gasteiger partial charge in [-0.3, -0.25) is 0 Å². The Balaban J connectivity index is 1.82. The average molecular weight is 360 g/mol. The largest absolute Gasteiger partial charge is 0.362 e. The maximum atomic E-state index is 5.94. The standard InChI is InChI=1S/C15H13Cl3N2S/c16-11-3-1-2-10(6-11)4-5-19-15(21)20-14-8-12(17)7-13(18)9-14/h1-3,6-9H,4-5H2,(H2,19,20,21). The summed E-state index contributed by atoms with van der Waals surface area (Å²) < 4.78 is 0. The molecular weight excluding hydrogens is 347 g/mol. The molecule has 0 saturated heterocycles. The van der Waals surface area contributed by atoms with E-state index in [-0.39, 0.29) is 0 Å². The van der Waals surface area contributed by atoms with Crippen LogP contribution in [0.25, 0.3) is 0 Å². The number of rotatable bonds is 4. The smallest absolute Gasteiger partial charge is 0.170 e. The van der Waals surface area contributed by atoms with Gasteiger partial charge in [-0.25, -0.2) is 0 Å². The van der Waals surface area contributed by atoms with Crippen molar-refractivity contribution < 1.29 is 0 Å². The van der Waals surface area contributed by atoms with Crippen LogP contribution in [0.1, 0.15) is 5.56 Å². The zero-order valence-electron chi connectivity index (χ0n) is 11.0. The van der Waals surface area contributed by atoms with Gasteiger partial charge in [-0.2, -0.15) is 0 Å². The quantitative estimate of drug-likeness (QED) is 0.736. The van der Waals surface area contributed by atoms with Gasteiger partial charge in [0.2, 0.25) is 0 Å². The van der Waals surface area contributed by atoms with Gasteiger partial charge in [0.15, 0.2) is 5.11 Å². The first-order valence-electron chi connectivity index (χ1n) is 6.28. The Morgan fingerprint density at radius 3 is 2.33 bits per heavy atom. The molecule has 0 amide bonds. The zero-order chi connectivity index (χ0) is 15.2. The fourth-order valence-corrected chi connectivity index (χ4v) is 2.77. The summed E-state index contributed by atoms with van der Waals surface area (Å²) in [5.74, 6) is 0. The van der Waals surface area contributed by atoms with Crippen LogP contribution < -0.4 is 10.6 Å². The van der Waals surface area contributed by atoms with Crippen LogP contribution in [-0.2, 0) is 6.42 Å². The van der Waals surface area contributed by atoms with Crippen molar-refractivity contribution in [1.82, 2.24) is 5.32 Å². The van der Waals surface area contributed by atoms with E-state index < -0.39 is 0 Å². The number of nitrogens with one attached hydrogen (secondary N) is 2. The molecule has 21 heavy (non-hydrogen) atoms. The first-order chi connectivity index (χ1) is 10.0. The van der Waals surface area contributed by atoms with Gasteiger partial charge in [0, 0.05) is 27.3 Å². The number of thiocarbonyl (C=S) groups is 1. The number of anilines is 1. The van der Waals surface area contributed by atoms with Crippen molar-refractivity contribution >= 4 is 57.8 Å². The Morgan fingerprint density at radius 1 is 0.952 bits per heavy atom. The van der Waals surface area contributed by atoms with Crippen LogP contribution in [-0.4, -0.2) is 11.7 Å². The number of halogens is 3. The molecule has 0 aliphatic rings. The highest BCUT2D eigenvalue weighted by Gasteiger charge is 2.01. The van der Waals surface area contributed by atoms with E-state index in [1.54, 1.807) is 18.2 Å². The van der Waals surface area contributed by atoms with Crippen molar-refractivity contribution in [2.24, 2.45) is 0 Å². The second-order valence-electron chi connectivity index (χ2n) is 4.42. The molecule has 110 valence electrons. The van der Waals surface area contributed by atoms with Crippen LogP contribution in [0.15, 0.2) is 42.5 Å². The number of benzene rings is 2. The minimum absolute atomic E-state index is 0.523. The monoisotopic (exact) mass is 358 g/mol. The normalized spacial score (nSPS) is 10.2. The maximum Gasteiger partial charge on any atom is 0.170 e. The van der Waals surface area contributed by atoms with E-state index in [4.69, 9.17) is 47.0 Å². The van der Waals surface area contributed by atoms with Crippen LogP contribution in [0.4, 0.5) is 5.69 Å². The third kappa shape index (κ3) is 5.71. The molecule has 0 unspecified atom stereocenters. The molecular formula is C15H13Cl3N2S. The number of hydrogen-bond acceptors (Lipinski definition) is 1. The predicted octanol–water partition coefficient (Wildman–Crippen LogP) is 5.18. The summed E-state index contributed by atoms with van der Waals surface area (Å²) in [5.41, 5.74) is 1.91. The van der Waals surface area contributed by atoms with Gasteiger partial charge in [-0.1, -0.05) is 46.9 Å². The minimum Gasteiger partial charge on any atom is -0.362 e. The first-order valence-corrected chi connectivity index (χ1v) is 7.82. The van der Waals surface area contributed by atoms with Crippen molar-refractivity contribution in [2.45, 2.75) is 6.42 Å². The van der Waals surface area contributed by atoms with Gasteiger partial charge in [0.1, 0.15) is 0 Å². The number of hydrogen-bond donors (Lipinski definition) is 2. The maximum absolute atomic E-state index is 5.94. The highest BCUT2D eigenvalue weighted by Crippen LogP contribution is 2.22. The third-order valence-electron chi connectivity index (χ3n) is 2.71. The van der Waals surface area contributed by atoms with E-state index in [0.29, 0.717) is 21.7 Å². The van der Waals surface area contributed by atoms with Crippen molar-refractivity contribution in [2.75, 3.05) is 11.9 Å². The van der Waals surface area contributed by atoms with E-state index >= 15 is 0 Å². The minimum atomic E-state index is 0.523. The van der Waals surface area contributed by atoms with E-state index in [0.717, 1.165) is 22.7 Å². The molecule has 0 radical (unpaired) electrons. The lowest BCUT2D eigenvalue weighted by Crippen LogP contribution is -2.30. The molecule has 0 heterocycles. The Bertz CT molecular complexity index is 626. The average Bonchev–Trinajstić information content (AvgIpc) is 2.37. The molecule has 2 aromatic carbocycles. The van der Waals surface area contributed by atoms with Gasteiger partial charge in [0.25, 0.3) is 0 Å². The van der Waals surface area contributed by atoms with Gasteiger partial charge in [0.05, 0.1) is 0 Å². The van der Waals surface area contributed by atoms with Crippen LogP contribution in [0, 0.1) is 0 Å². The predicted molar refractivity (Wildman–Crippen MR) is 95.8 cm³/mol. The Hall–Kier alpha value is -1.000. The Labute approximate surface area is 144 Å². The van der Waals surface area contributed by atoms with Crippen LogP contribution in [0.3, 0.4) is 0 Å². The van der Waals surface area contributed by atoms with Crippen molar-refractivity contribution in [3.63, 3.8) is 0 Å². The molecule has 0 bridgehead atoms. The molecule has 0 atom stereocenters. The summed E-state index contributed by atoms with van der Waals surface area (Å²) in [5, 5.41) is 8.56. The molecule has 0 aliphatic carbocycles. The highest BCUT2D eigenvalue weighted by molar-refractivity contribution is 7.80. The summed E-state index contributed by atoms with van der Waals surface area (Å²) >= 11 is 23.0. The van der Waals surface area contributed by atoms with E-state index in [2.05, 4.69) is 10.6 Å². The summed E-state index contributed by atoms with van der Waals surface area (Å²) in [6.45, 7) is 0.709. The molecule has 2 aromatic rings. The lowest BCUT2D eigenvalue weighted by Gasteiger charge is -2.11. The Morgan fingerprint density at radius 2 is 1.67 bits per heavy atom. The van der Waals surface area contributed by atoms with Crippen LogP contribution in [0.2, 0.25) is 15.1 Å². The third-order valence-corrected chi connectivity index (χ3v) is 3.63. The van der Waals surface area contributed by atoms with Gasteiger partial charge in [-0.05, 0) is 54.5 Å². The lowest BCUT2D eigenvalue weighted by molar-refractivity contribution is 0.873. The van der Waals surface area contributed by atoms with Gasteiger partial charge >= 0.3 is 0 Å². The molecule has 0 aromatic heterocycles. The molecule has 0 spiro atoms. The SMILES string of the molecule is S=C(NCCc1cccc(Cl)c1)Nc1cc(Cl)cc(Cl)c1. The van der Waals surface area contributed by atoms with Crippen LogP contribution >= 0.6 is 47.0 Å². The topological polar surface area (TPSA) is 24.1 Å². The summed E-state index contributed by atoms with van der Waals surface area (Å²) in [4.78, 5) is 0. The van der Waals surface area contributed by atoms with Gasteiger partial charge < -0.3 is 10.6 Å². The molecule has 0 aliphatic heterocycles. The van der Waals surface area contributed by atoms with E-state index in [9.17, 15) is 0 Å². The molecule has 2 nitrogen and oxygen atoms in total. The molecule has 2 rings (SSSR count). The first kappa shape index (κ1) is 16.4. The Kier molecular flexibility index (Phi) is 6.12. The second kappa shape index (κ2) is 7.85. The fourth-order valence-electron chi connectivity index (χ4n) is 1.81. The zero-order valence-corrected chi connectivity index (χ0v) is 14.1. The second-order valence-corrected chi connectivity index (χ2v) is 6.14. The summed E-state index contributed by atoms with van der Waals surface area (Å²) in [6.07, 6.45) is 0.832. The van der Waals surface area contributed by atoms with Crippen LogP contribution in [0.5, 0.6) is 0 Å². The van der Waals surface area contributed by atoms with Gasteiger partial charge in [-0.15, -0.1) is 0 Å². The molecule has 0 fully saturated rings. The van der Waals surface area contributed by atoms with Crippen molar-refractivity contribution in [3.8, 4) is 0 Å². The van der Waals surface area contributed by atoms with E-state index in [1.807, 2.05) is 24.3 Å². The molecule has 6 heteroatoms. The van der Waals surface area contributed by atoms with E-state index in [1.165, 1.54) is 0 Å². The lowest BCUT2D eigenvalue weighted by atomic mass is 10.1. The summed E-state index contributed by atoms with van der Waals surface area (Å²) in [6, 6.07) is 13.0. The fraction of sp³-hybridized carbons (Fsp3) is 0.133. The van der Waals surface area contributed by atoms with Crippen molar-refractivity contribution in [1.29, 1.82) is 0 Å².